The molecule has 0 aliphatic carbocycles. The lowest BCUT2D eigenvalue weighted by molar-refractivity contribution is -0.870. The molecule has 0 heterocycles. The third-order valence-electron chi connectivity index (χ3n) is 10.6. The van der Waals surface area contributed by atoms with E-state index < -0.39 is 20.0 Å². The van der Waals surface area contributed by atoms with E-state index in [-0.39, 0.29) is 19.1 Å². The van der Waals surface area contributed by atoms with E-state index in [1.807, 2.05) is 27.2 Å². The number of nitrogens with zero attached hydrogens (tertiary/aromatic N) is 1. The van der Waals surface area contributed by atoms with Gasteiger partial charge < -0.3 is 19.8 Å². The molecule has 0 aromatic heterocycles. The minimum Gasteiger partial charge on any atom is -0.387 e. The highest BCUT2D eigenvalue weighted by Crippen LogP contribution is 2.43. The van der Waals surface area contributed by atoms with Gasteiger partial charge in [0.05, 0.1) is 39.9 Å². The Bertz CT molecular complexity index is 1030. The molecule has 57 heavy (non-hydrogen) atoms. The molecule has 336 valence electrons. The molecule has 9 heteroatoms. The highest BCUT2D eigenvalue weighted by atomic mass is 31.2. The quantitative estimate of drug-likeness (QED) is 0.0245. The van der Waals surface area contributed by atoms with Crippen LogP contribution in [0.4, 0.5) is 0 Å². The number of carbonyl (C=O) groups excluding carboxylic acids is 1. The average Bonchev–Trinajstić information content (AvgIpc) is 3.16. The second kappa shape index (κ2) is 40.1. The molecule has 3 unspecified atom stereocenters. The van der Waals surface area contributed by atoms with Crippen LogP contribution in [0.5, 0.6) is 0 Å². The number of rotatable bonds is 43. The van der Waals surface area contributed by atoms with Gasteiger partial charge in [0.2, 0.25) is 5.91 Å². The zero-order valence-electron chi connectivity index (χ0n) is 38.1. The first-order chi connectivity index (χ1) is 27.5. The molecule has 0 saturated carbocycles. The summed E-state index contributed by atoms with van der Waals surface area (Å²) >= 11 is 0. The molecule has 0 fully saturated rings. The number of hydrogen-bond acceptors (Lipinski definition) is 5. The normalized spacial score (nSPS) is 14.6. The molecular formula is C48H94N2O6P+. The molecule has 0 rings (SSSR count). The second-order valence-corrected chi connectivity index (χ2v) is 18.9. The Kier molecular flexibility index (Phi) is 39.2. The monoisotopic (exact) mass is 826 g/mol. The fourth-order valence-electron chi connectivity index (χ4n) is 6.78. The Morgan fingerprint density at radius 2 is 0.965 bits per heavy atom. The molecule has 3 atom stereocenters. The molecule has 0 radical (unpaired) electrons. The molecule has 0 aliphatic rings. The van der Waals surface area contributed by atoms with Crippen LogP contribution in [-0.4, -0.2) is 73.4 Å². The Balaban J connectivity index is 4.39. The van der Waals surface area contributed by atoms with Crippen molar-refractivity contribution < 1.29 is 32.9 Å². The molecule has 0 aromatic rings. The fourth-order valence-corrected chi connectivity index (χ4v) is 7.51. The van der Waals surface area contributed by atoms with Crippen molar-refractivity contribution in [3.8, 4) is 0 Å². The van der Waals surface area contributed by atoms with Crippen molar-refractivity contribution in [1.82, 2.24) is 5.32 Å². The van der Waals surface area contributed by atoms with Gasteiger partial charge in [-0.3, -0.25) is 13.8 Å². The third kappa shape index (κ3) is 42.6. The number of phosphoric ester groups is 1. The molecule has 0 aliphatic heterocycles. The highest BCUT2D eigenvalue weighted by Gasteiger charge is 2.27. The van der Waals surface area contributed by atoms with Crippen molar-refractivity contribution >= 4 is 13.7 Å². The number of likely N-dealkylation sites (N-methyl/N-ethyl adjacent to an activating group) is 1. The molecule has 3 N–H and O–H groups in total. The van der Waals surface area contributed by atoms with Crippen LogP contribution >= 0.6 is 7.82 Å². The maximum absolute atomic E-state index is 12.8. The van der Waals surface area contributed by atoms with Crippen LogP contribution < -0.4 is 5.32 Å². The summed E-state index contributed by atoms with van der Waals surface area (Å²) in [5.41, 5.74) is 0. The smallest absolute Gasteiger partial charge is 0.387 e. The Labute approximate surface area is 353 Å². The van der Waals surface area contributed by atoms with Crippen LogP contribution in [0.25, 0.3) is 0 Å². The van der Waals surface area contributed by atoms with Crippen molar-refractivity contribution in [1.29, 1.82) is 0 Å². The summed E-state index contributed by atoms with van der Waals surface area (Å²) in [6, 6.07) is -0.865. The summed E-state index contributed by atoms with van der Waals surface area (Å²) in [7, 11) is 1.55. The van der Waals surface area contributed by atoms with Gasteiger partial charge in [0.25, 0.3) is 0 Å². The van der Waals surface area contributed by atoms with Crippen LogP contribution in [0.15, 0.2) is 36.5 Å². The summed E-state index contributed by atoms with van der Waals surface area (Å²) in [5, 5.41) is 13.8. The number of carbonyl (C=O) groups is 1. The number of phosphoric acid groups is 1. The van der Waals surface area contributed by atoms with Crippen molar-refractivity contribution in [2.75, 3.05) is 40.9 Å². The first-order valence-corrected chi connectivity index (χ1v) is 25.4. The van der Waals surface area contributed by atoms with Crippen molar-refractivity contribution in [2.24, 2.45) is 0 Å². The predicted octanol–water partition coefficient (Wildman–Crippen LogP) is 13.5. The van der Waals surface area contributed by atoms with Crippen LogP contribution in [0.2, 0.25) is 0 Å². The Morgan fingerprint density at radius 3 is 1.40 bits per heavy atom. The highest BCUT2D eigenvalue weighted by molar-refractivity contribution is 7.47. The van der Waals surface area contributed by atoms with E-state index in [2.05, 4.69) is 43.5 Å². The van der Waals surface area contributed by atoms with Crippen molar-refractivity contribution in [3.05, 3.63) is 36.5 Å². The minimum absolute atomic E-state index is 0.0546. The lowest BCUT2D eigenvalue weighted by Crippen LogP contribution is -2.45. The van der Waals surface area contributed by atoms with Gasteiger partial charge in [-0.15, -0.1) is 0 Å². The van der Waals surface area contributed by atoms with E-state index in [9.17, 15) is 19.4 Å². The fraction of sp³-hybridized carbons (Fsp3) is 0.854. The summed E-state index contributed by atoms with van der Waals surface area (Å²) in [6.45, 7) is 4.78. The molecule has 0 spiro atoms. The molecule has 8 nitrogen and oxygen atoms in total. The number of amides is 1. The van der Waals surface area contributed by atoms with Gasteiger partial charge in [-0.1, -0.05) is 198 Å². The van der Waals surface area contributed by atoms with Crippen LogP contribution in [0, 0.1) is 0 Å². The van der Waals surface area contributed by atoms with Gasteiger partial charge in [0.15, 0.2) is 0 Å². The molecule has 1 amide bonds. The first kappa shape index (κ1) is 55.7. The average molecular weight is 826 g/mol. The third-order valence-corrected chi connectivity index (χ3v) is 11.6. The number of aliphatic hydroxyl groups is 1. The standard InChI is InChI=1S/C48H93N2O6P/c1-6-8-10-12-14-16-18-20-21-22-23-24-25-26-27-28-29-30-31-33-35-37-39-41-47(51)46(45-56-57(53,54)55-44-43-50(3,4)5)49-48(52)42-40-38-36-34-32-19-17-15-13-11-9-7-2/h27-28,31,33,39,41,46-47,51H,6-26,29-30,32,34-38,40,42-45H2,1-5H3,(H-,49,52,53,54)/p+1/b28-27+,33-31+,41-39+. The number of quaternary nitrogens is 1. The largest absolute Gasteiger partial charge is 0.472 e. The molecular weight excluding hydrogens is 732 g/mol. The first-order valence-electron chi connectivity index (χ1n) is 23.9. The SMILES string of the molecule is CCCCCCCCCCCCCCC/C=C/CC/C=C/CC/C=C/C(O)C(COP(=O)(O)OCC[N+](C)(C)C)NC(=O)CCCCCCCCCCCCCC. The van der Waals surface area contributed by atoms with Crippen LogP contribution in [0.3, 0.4) is 0 Å². The number of aliphatic hydroxyl groups excluding tert-OH is 1. The van der Waals surface area contributed by atoms with Crippen LogP contribution in [0.1, 0.15) is 213 Å². The van der Waals surface area contributed by atoms with E-state index in [1.165, 1.54) is 148 Å². The van der Waals surface area contributed by atoms with Crippen molar-refractivity contribution in [3.63, 3.8) is 0 Å². The number of hydrogen-bond donors (Lipinski definition) is 3. The summed E-state index contributed by atoms with van der Waals surface area (Å²) in [4.78, 5) is 23.1. The van der Waals surface area contributed by atoms with E-state index in [1.54, 1.807) is 6.08 Å². The summed E-state index contributed by atoms with van der Waals surface area (Å²) < 4.78 is 23.5. The van der Waals surface area contributed by atoms with E-state index in [0.29, 0.717) is 17.4 Å². The van der Waals surface area contributed by atoms with Gasteiger partial charge in [-0.05, 0) is 44.9 Å². The molecule has 0 bridgehead atoms. The lowest BCUT2D eigenvalue weighted by Gasteiger charge is -2.25. The van der Waals surface area contributed by atoms with Gasteiger partial charge in [-0.25, -0.2) is 4.57 Å². The van der Waals surface area contributed by atoms with Gasteiger partial charge in [0.1, 0.15) is 13.2 Å². The number of nitrogens with one attached hydrogen (secondary N) is 1. The maximum Gasteiger partial charge on any atom is 0.472 e. The van der Waals surface area contributed by atoms with Crippen LogP contribution in [-0.2, 0) is 18.4 Å². The zero-order valence-corrected chi connectivity index (χ0v) is 39.0. The Hall–Kier alpha value is -1.28. The van der Waals surface area contributed by atoms with Gasteiger partial charge in [0, 0.05) is 6.42 Å². The predicted molar refractivity (Wildman–Crippen MR) is 244 cm³/mol. The van der Waals surface area contributed by atoms with Gasteiger partial charge in [-0.2, -0.15) is 0 Å². The number of unbranched alkanes of at least 4 members (excludes halogenated alkanes) is 26. The minimum atomic E-state index is -4.35. The zero-order chi connectivity index (χ0) is 42.1. The van der Waals surface area contributed by atoms with E-state index >= 15 is 0 Å². The second-order valence-electron chi connectivity index (χ2n) is 17.5. The summed E-state index contributed by atoms with van der Waals surface area (Å²) in [5.74, 6) is -0.191. The molecule has 0 saturated heterocycles. The molecule has 0 aromatic carbocycles. The maximum atomic E-state index is 12.8. The van der Waals surface area contributed by atoms with E-state index in [4.69, 9.17) is 9.05 Å². The number of allylic oxidation sites excluding steroid dienone is 5. The van der Waals surface area contributed by atoms with Gasteiger partial charge >= 0.3 is 7.82 Å². The van der Waals surface area contributed by atoms with Crippen molar-refractivity contribution in [2.45, 2.75) is 225 Å². The Morgan fingerprint density at radius 1 is 0.579 bits per heavy atom. The summed E-state index contributed by atoms with van der Waals surface area (Å²) in [6.07, 6.45) is 49.4. The lowest BCUT2D eigenvalue weighted by atomic mass is 10.0. The topological polar surface area (TPSA) is 105 Å². The van der Waals surface area contributed by atoms with E-state index in [0.717, 1.165) is 44.9 Å².